The number of carboxylic acids is 1. The van der Waals surface area contributed by atoms with E-state index < -0.39 is 5.97 Å². The van der Waals surface area contributed by atoms with Crippen LogP contribution in [-0.2, 0) is 14.4 Å². The van der Waals surface area contributed by atoms with Crippen LogP contribution in [0.3, 0.4) is 0 Å². The molecular weight excluding hydrogens is 172 g/mol. The topological polar surface area (TPSA) is 71.4 Å². The van der Waals surface area contributed by atoms with E-state index >= 15 is 0 Å². The molecule has 0 aromatic rings. The van der Waals surface area contributed by atoms with E-state index in [1.807, 2.05) is 0 Å². The van der Waals surface area contributed by atoms with Crippen molar-refractivity contribution in [2.75, 3.05) is 0 Å². The van der Waals surface area contributed by atoms with Crippen LogP contribution in [0.15, 0.2) is 37.0 Å². The van der Waals surface area contributed by atoms with Crippen LogP contribution >= 0.6 is 0 Å². The lowest BCUT2D eigenvalue weighted by atomic mass is 10.2. The molecule has 0 radical (unpaired) electrons. The molecule has 0 saturated heterocycles. The molecule has 0 saturated carbocycles. The van der Waals surface area contributed by atoms with Gasteiger partial charge in [-0.05, 0) is 24.3 Å². The quantitative estimate of drug-likeness (QED) is 0.471. The summed E-state index contributed by atoms with van der Waals surface area (Å²) in [6.07, 6.45) is 5.84. The first-order chi connectivity index (χ1) is 6.06. The summed E-state index contributed by atoms with van der Waals surface area (Å²) in [5.74, 6) is -1.22. The minimum absolute atomic E-state index is 0.121. The van der Waals surface area contributed by atoms with Crippen molar-refractivity contribution < 1.29 is 19.5 Å². The molecule has 68 valence electrons. The zero-order chi connectivity index (χ0) is 10.3. The Hall–Kier alpha value is -1.97. The minimum atomic E-state index is -0.981. The molecule has 0 amide bonds. The van der Waals surface area contributed by atoms with Gasteiger partial charge in [0.05, 0.1) is 0 Å². The predicted octanol–water partition coefficient (Wildman–Crippen LogP) is 0.508. The Morgan fingerprint density at radius 3 is 1.54 bits per heavy atom. The largest absolute Gasteiger partial charge is 0.478 e. The van der Waals surface area contributed by atoms with Gasteiger partial charge in [0.25, 0.3) is 0 Å². The molecule has 0 aliphatic heterocycles. The maximum atomic E-state index is 10.3. The first-order valence-electron chi connectivity index (χ1n) is 3.35. The standard InChI is InChI=1S/C6H4O2.C3H4O2/c7-5-1-2-6(8)4-3-5;1-2-3(4)5/h1-4H;2H,1H2,(H,4,5). The van der Waals surface area contributed by atoms with Gasteiger partial charge in [-0.15, -0.1) is 0 Å². The van der Waals surface area contributed by atoms with Gasteiger partial charge in [-0.1, -0.05) is 6.58 Å². The lowest BCUT2D eigenvalue weighted by Crippen LogP contribution is -1.97. The second kappa shape index (κ2) is 5.65. The first kappa shape index (κ1) is 11.0. The molecule has 1 aliphatic carbocycles. The lowest BCUT2D eigenvalue weighted by Gasteiger charge is -1.87. The number of ketones is 2. The lowest BCUT2D eigenvalue weighted by molar-refractivity contribution is -0.131. The molecule has 4 heteroatoms. The van der Waals surface area contributed by atoms with Gasteiger partial charge in [-0.25, -0.2) is 4.79 Å². The summed E-state index contributed by atoms with van der Waals surface area (Å²) in [7, 11) is 0. The summed E-state index contributed by atoms with van der Waals surface area (Å²) >= 11 is 0. The van der Waals surface area contributed by atoms with E-state index in [9.17, 15) is 14.4 Å². The highest BCUT2D eigenvalue weighted by atomic mass is 16.4. The third-order valence-electron chi connectivity index (χ3n) is 0.998. The van der Waals surface area contributed by atoms with E-state index in [2.05, 4.69) is 6.58 Å². The van der Waals surface area contributed by atoms with Crippen molar-refractivity contribution in [2.45, 2.75) is 0 Å². The molecule has 0 atom stereocenters. The number of aliphatic carboxylic acids is 1. The van der Waals surface area contributed by atoms with Crippen molar-refractivity contribution >= 4 is 17.5 Å². The van der Waals surface area contributed by atoms with Crippen LogP contribution in [0, 0.1) is 0 Å². The number of rotatable bonds is 1. The fourth-order valence-electron chi connectivity index (χ4n) is 0.440. The molecular formula is C9H8O4. The molecule has 1 rings (SSSR count). The molecule has 0 aromatic carbocycles. The molecule has 0 heterocycles. The first-order valence-corrected chi connectivity index (χ1v) is 3.35. The number of carbonyl (C=O) groups is 3. The zero-order valence-corrected chi connectivity index (χ0v) is 6.77. The molecule has 0 unspecified atom stereocenters. The molecule has 0 fully saturated rings. The Labute approximate surface area is 74.9 Å². The van der Waals surface area contributed by atoms with Gasteiger partial charge in [0.1, 0.15) is 0 Å². The normalized spacial score (nSPS) is 13.2. The van der Waals surface area contributed by atoms with Gasteiger partial charge in [0.2, 0.25) is 0 Å². The minimum Gasteiger partial charge on any atom is -0.478 e. The van der Waals surface area contributed by atoms with Gasteiger partial charge in [0, 0.05) is 6.08 Å². The van der Waals surface area contributed by atoms with E-state index in [1.54, 1.807) is 0 Å². The highest BCUT2D eigenvalue weighted by molar-refractivity contribution is 6.14. The number of carboxylic acid groups (broad SMARTS) is 1. The Balaban J connectivity index is 0.000000252. The fraction of sp³-hybridized carbons (Fsp3) is 0. The van der Waals surface area contributed by atoms with Crippen molar-refractivity contribution in [1.82, 2.24) is 0 Å². The molecule has 1 N–H and O–H groups in total. The Kier molecular flexibility index (Phi) is 4.79. The zero-order valence-electron chi connectivity index (χ0n) is 6.77. The molecule has 1 aliphatic rings. The molecule has 0 aromatic heterocycles. The maximum Gasteiger partial charge on any atom is 0.327 e. The van der Waals surface area contributed by atoms with Crippen LogP contribution in [0.2, 0.25) is 0 Å². The average Bonchev–Trinajstić information content (AvgIpc) is 2.11. The Morgan fingerprint density at radius 1 is 1.15 bits per heavy atom. The van der Waals surface area contributed by atoms with Crippen LogP contribution < -0.4 is 0 Å². The predicted molar refractivity (Wildman–Crippen MR) is 46.1 cm³/mol. The van der Waals surface area contributed by atoms with Gasteiger partial charge in [-0.2, -0.15) is 0 Å². The van der Waals surface area contributed by atoms with Crippen LogP contribution in [0.5, 0.6) is 0 Å². The van der Waals surface area contributed by atoms with Gasteiger partial charge < -0.3 is 5.11 Å². The Morgan fingerprint density at radius 2 is 1.38 bits per heavy atom. The number of carbonyl (C=O) groups excluding carboxylic acids is 2. The number of hydrogen-bond donors (Lipinski definition) is 1. The highest BCUT2D eigenvalue weighted by Gasteiger charge is 1.97. The summed E-state index contributed by atoms with van der Waals surface area (Å²) < 4.78 is 0. The SMILES string of the molecule is C=CC(=O)O.O=C1C=CC(=O)C=C1. The van der Waals surface area contributed by atoms with Crippen LogP contribution in [-0.4, -0.2) is 22.6 Å². The summed E-state index contributed by atoms with van der Waals surface area (Å²) in [5, 5.41) is 7.60. The summed E-state index contributed by atoms with van der Waals surface area (Å²) in [6.45, 7) is 2.96. The third-order valence-corrected chi connectivity index (χ3v) is 0.998. The van der Waals surface area contributed by atoms with E-state index in [1.165, 1.54) is 24.3 Å². The van der Waals surface area contributed by atoms with Crippen molar-refractivity contribution in [1.29, 1.82) is 0 Å². The summed E-state index contributed by atoms with van der Waals surface area (Å²) in [6, 6.07) is 0. The van der Waals surface area contributed by atoms with Gasteiger partial charge >= 0.3 is 5.97 Å². The number of hydrogen-bond acceptors (Lipinski definition) is 3. The molecule has 4 nitrogen and oxygen atoms in total. The fourth-order valence-corrected chi connectivity index (χ4v) is 0.440. The molecule has 13 heavy (non-hydrogen) atoms. The summed E-state index contributed by atoms with van der Waals surface area (Å²) in [5.41, 5.74) is 0. The van der Waals surface area contributed by atoms with E-state index in [0.29, 0.717) is 0 Å². The highest BCUT2D eigenvalue weighted by Crippen LogP contribution is 1.90. The van der Waals surface area contributed by atoms with E-state index in [-0.39, 0.29) is 11.6 Å². The monoisotopic (exact) mass is 180 g/mol. The second-order valence-corrected chi connectivity index (χ2v) is 2.01. The van der Waals surface area contributed by atoms with E-state index in [0.717, 1.165) is 6.08 Å². The van der Waals surface area contributed by atoms with Crippen molar-refractivity contribution in [3.05, 3.63) is 37.0 Å². The number of allylic oxidation sites excluding steroid dienone is 4. The van der Waals surface area contributed by atoms with E-state index in [4.69, 9.17) is 5.11 Å². The van der Waals surface area contributed by atoms with Crippen molar-refractivity contribution in [2.24, 2.45) is 0 Å². The van der Waals surface area contributed by atoms with Crippen LogP contribution in [0.1, 0.15) is 0 Å². The van der Waals surface area contributed by atoms with Gasteiger partial charge in [-0.3, -0.25) is 9.59 Å². The molecule has 0 bridgehead atoms. The second-order valence-electron chi connectivity index (χ2n) is 2.01. The van der Waals surface area contributed by atoms with Crippen LogP contribution in [0.25, 0.3) is 0 Å². The van der Waals surface area contributed by atoms with Crippen LogP contribution in [0.4, 0.5) is 0 Å². The van der Waals surface area contributed by atoms with Gasteiger partial charge in [0.15, 0.2) is 11.6 Å². The molecule has 0 spiro atoms. The van der Waals surface area contributed by atoms with Crippen molar-refractivity contribution in [3.63, 3.8) is 0 Å². The Bertz CT molecular complexity index is 259. The average molecular weight is 180 g/mol. The maximum absolute atomic E-state index is 10.3. The van der Waals surface area contributed by atoms with Crippen molar-refractivity contribution in [3.8, 4) is 0 Å². The third kappa shape index (κ3) is 6.43. The summed E-state index contributed by atoms with van der Waals surface area (Å²) in [4.78, 5) is 29.8. The smallest absolute Gasteiger partial charge is 0.327 e.